The van der Waals surface area contributed by atoms with Crippen molar-refractivity contribution in [1.82, 2.24) is 0 Å². The summed E-state index contributed by atoms with van der Waals surface area (Å²) in [6, 6.07) is 0. The molecule has 0 aliphatic rings. The third-order valence-electron chi connectivity index (χ3n) is 0.806. The zero-order valence-corrected chi connectivity index (χ0v) is 5.76. The second-order valence-corrected chi connectivity index (χ2v) is 1.74. The SMILES string of the molecule is CC(=O)OC(C)=C(C)O. The van der Waals surface area contributed by atoms with Crippen LogP contribution in [-0.2, 0) is 9.53 Å². The summed E-state index contributed by atoms with van der Waals surface area (Å²) in [5.74, 6) is -0.131. The number of aliphatic hydroxyl groups is 1. The molecule has 0 saturated carbocycles. The van der Waals surface area contributed by atoms with E-state index < -0.39 is 5.97 Å². The Bertz CT molecular complexity index is 142. The van der Waals surface area contributed by atoms with E-state index in [4.69, 9.17) is 5.11 Å². The van der Waals surface area contributed by atoms with Gasteiger partial charge in [0.25, 0.3) is 0 Å². The number of rotatable bonds is 1. The molecule has 0 heterocycles. The van der Waals surface area contributed by atoms with Crippen LogP contribution in [0, 0.1) is 0 Å². The topological polar surface area (TPSA) is 46.5 Å². The van der Waals surface area contributed by atoms with Gasteiger partial charge in [0.15, 0.2) is 0 Å². The molecule has 0 aliphatic carbocycles. The van der Waals surface area contributed by atoms with Gasteiger partial charge in [-0.15, -0.1) is 0 Å². The van der Waals surface area contributed by atoms with Crippen molar-refractivity contribution in [2.75, 3.05) is 0 Å². The Morgan fingerprint density at radius 1 is 1.33 bits per heavy atom. The third-order valence-corrected chi connectivity index (χ3v) is 0.806. The van der Waals surface area contributed by atoms with E-state index in [0.29, 0.717) is 0 Å². The highest BCUT2D eigenvalue weighted by Crippen LogP contribution is 2.00. The minimum Gasteiger partial charge on any atom is -0.509 e. The number of hydrogen-bond acceptors (Lipinski definition) is 3. The highest BCUT2D eigenvalue weighted by atomic mass is 16.5. The normalized spacial score (nSPS) is 12.3. The van der Waals surface area contributed by atoms with Crippen molar-refractivity contribution >= 4 is 5.97 Å². The van der Waals surface area contributed by atoms with Crippen LogP contribution < -0.4 is 0 Å². The molecular formula is C6H10O3. The van der Waals surface area contributed by atoms with Gasteiger partial charge in [-0.25, -0.2) is 0 Å². The number of carbonyl (C=O) groups excluding carboxylic acids is 1. The van der Waals surface area contributed by atoms with Crippen LogP contribution >= 0.6 is 0 Å². The number of esters is 1. The summed E-state index contributed by atoms with van der Waals surface area (Å²) in [7, 11) is 0. The van der Waals surface area contributed by atoms with Gasteiger partial charge < -0.3 is 9.84 Å². The second kappa shape index (κ2) is 3.12. The largest absolute Gasteiger partial charge is 0.509 e. The molecular weight excluding hydrogens is 120 g/mol. The van der Waals surface area contributed by atoms with Crippen LogP contribution in [0.15, 0.2) is 11.5 Å². The van der Waals surface area contributed by atoms with Crippen LogP contribution in [0.5, 0.6) is 0 Å². The van der Waals surface area contributed by atoms with Crippen molar-refractivity contribution in [3.63, 3.8) is 0 Å². The van der Waals surface area contributed by atoms with E-state index >= 15 is 0 Å². The third kappa shape index (κ3) is 3.58. The van der Waals surface area contributed by atoms with Gasteiger partial charge in [-0.05, 0) is 13.8 Å². The lowest BCUT2D eigenvalue weighted by molar-refractivity contribution is -0.137. The Morgan fingerprint density at radius 3 is 1.89 bits per heavy atom. The smallest absolute Gasteiger partial charge is 0.307 e. The van der Waals surface area contributed by atoms with E-state index in [2.05, 4.69) is 4.74 Å². The molecule has 0 amide bonds. The van der Waals surface area contributed by atoms with Gasteiger partial charge in [0.05, 0.1) is 0 Å². The number of aliphatic hydroxyl groups excluding tert-OH is 1. The van der Waals surface area contributed by atoms with Gasteiger partial charge in [-0.3, -0.25) is 4.79 Å². The Morgan fingerprint density at radius 2 is 1.78 bits per heavy atom. The molecule has 0 atom stereocenters. The van der Waals surface area contributed by atoms with Crippen LogP contribution in [0.25, 0.3) is 0 Å². The van der Waals surface area contributed by atoms with Crippen LogP contribution in [0.2, 0.25) is 0 Å². The lowest BCUT2D eigenvalue weighted by Crippen LogP contribution is -1.97. The fourth-order valence-corrected chi connectivity index (χ4v) is 0.289. The van der Waals surface area contributed by atoms with E-state index in [-0.39, 0.29) is 11.5 Å². The predicted molar refractivity (Wildman–Crippen MR) is 32.8 cm³/mol. The average Bonchev–Trinajstić information content (AvgIpc) is 1.63. The van der Waals surface area contributed by atoms with Crippen LogP contribution in [0.1, 0.15) is 20.8 Å². The zero-order valence-electron chi connectivity index (χ0n) is 5.76. The van der Waals surface area contributed by atoms with Gasteiger partial charge in [-0.2, -0.15) is 0 Å². The second-order valence-electron chi connectivity index (χ2n) is 1.74. The maximum atomic E-state index is 10.2. The summed E-state index contributed by atoms with van der Waals surface area (Å²) >= 11 is 0. The lowest BCUT2D eigenvalue weighted by atomic mass is 10.5. The van der Waals surface area contributed by atoms with Crippen LogP contribution in [0.3, 0.4) is 0 Å². The first-order chi connectivity index (χ1) is 4.04. The lowest BCUT2D eigenvalue weighted by Gasteiger charge is -1.99. The molecule has 0 fully saturated rings. The number of allylic oxidation sites excluding steroid dienone is 2. The highest BCUT2D eigenvalue weighted by molar-refractivity contribution is 5.67. The fraction of sp³-hybridized carbons (Fsp3) is 0.500. The molecule has 3 heteroatoms. The van der Waals surface area contributed by atoms with Gasteiger partial charge in [0.1, 0.15) is 11.5 Å². The first kappa shape index (κ1) is 8.01. The fourth-order valence-electron chi connectivity index (χ4n) is 0.289. The van der Waals surface area contributed by atoms with Crippen molar-refractivity contribution < 1.29 is 14.6 Å². The molecule has 0 aromatic carbocycles. The Hall–Kier alpha value is -0.990. The number of ether oxygens (including phenoxy) is 1. The summed E-state index contributed by atoms with van der Waals surface area (Å²) in [5.41, 5.74) is 0. The number of carbonyl (C=O) groups is 1. The number of hydrogen-bond donors (Lipinski definition) is 1. The van der Waals surface area contributed by atoms with Crippen molar-refractivity contribution in [3.05, 3.63) is 11.5 Å². The van der Waals surface area contributed by atoms with E-state index in [9.17, 15) is 4.79 Å². The minimum atomic E-state index is -0.416. The molecule has 0 radical (unpaired) electrons. The maximum Gasteiger partial charge on any atom is 0.307 e. The predicted octanol–water partition coefficient (Wildman–Crippen LogP) is 1.36. The standard InChI is InChI=1S/C6H10O3/c1-4(7)5(2)9-6(3)8/h7H,1-3H3. The Kier molecular flexibility index (Phi) is 2.78. The van der Waals surface area contributed by atoms with Crippen LogP contribution in [-0.4, -0.2) is 11.1 Å². The molecule has 0 aromatic heterocycles. The van der Waals surface area contributed by atoms with Gasteiger partial charge in [0.2, 0.25) is 0 Å². The van der Waals surface area contributed by atoms with E-state index in [0.717, 1.165) is 0 Å². The Balaban J connectivity index is 3.92. The monoisotopic (exact) mass is 130 g/mol. The molecule has 0 aliphatic heterocycles. The van der Waals surface area contributed by atoms with Crippen molar-refractivity contribution in [1.29, 1.82) is 0 Å². The van der Waals surface area contributed by atoms with Crippen LogP contribution in [0.4, 0.5) is 0 Å². The van der Waals surface area contributed by atoms with Gasteiger partial charge >= 0.3 is 5.97 Å². The molecule has 52 valence electrons. The molecule has 0 spiro atoms. The first-order valence-electron chi connectivity index (χ1n) is 2.59. The van der Waals surface area contributed by atoms with Crippen molar-refractivity contribution in [2.24, 2.45) is 0 Å². The molecule has 0 rings (SSSR count). The van der Waals surface area contributed by atoms with E-state index in [1.807, 2.05) is 0 Å². The van der Waals surface area contributed by atoms with E-state index in [1.54, 1.807) is 0 Å². The Labute approximate surface area is 53.9 Å². The van der Waals surface area contributed by atoms with Crippen molar-refractivity contribution in [2.45, 2.75) is 20.8 Å². The highest BCUT2D eigenvalue weighted by Gasteiger charge is 1.97. The summed E-state index contributed by atoms with van der Waals surface area (Å²) in [6.07, 6.45) is 0. The van der Waals surface area contributed by atoms with Gasteiger partial charge in [0, 0.05) is 6.92 Å². The first-order valence-corrected chi connectivity index (χ1v) is 2.59. The molecule has 0 unspecified atom stereocenters. The summed E-state index contributed by atoms with van der Waals surface area (Å²) in [4.78, 5) is 10.2. The molecule has 9 heavy (non-hydrogen) atoms. The summed E-state index contributed by atoms with van der Waals surface area (Å²) in [5, 5.41) is 8.67. The summed E-state index contributed by atoms with van der Waals surface area (Å²) < 4.78 is 4.50. The van der Waals surface area contributed by atoms with Gasteiger partial charge in [-0.1, -0.05) is 0 Å². The zero-order chi connectivity index (χ0) is 7.44. The molecule has 0 aromatic rings. The van der Waals surface area contributed by atoms with E-state index in [1.165, 1.54) is 20.8 Å². The molecule has 0 saturated heterocycles. The molecule has 3 nitrogen and oxygen atoms in total. The quantitative estimate of drug-likeness (QED) is 0.430. The minimum absolute atomic E-state index is 0.0326. The molecule has 1 N–H and O–H groups in total. The summed E-state index contributed by atoms with van der Waals surface area (Å²) in [6.45, 7) is 4.27. The average molecular weight is 130 g/mol. The maximum absolute atomic E-state index is 10.2. The molecule has 0 bridgehead atoms. The van der Waals surface area contributed by atoms with Crippen molar-refractivity contribution in [3.8, 4) is 0 Å².